The molecule has 0 spiro atoms. The summed E-state index contributed by atoms with van der Waals surface area (Å²) in [5.74, 6) is 0.272. The molecule has 0 rings (SSSR count). The van der Waals surface area contributed by atoms with Gasteiger partial charge in [0.2, 0.25) is 10.0 Å². The van der Waals surface area contributed by atoms with Gasteiger partial charge in [0.15, 0.2) is 0 Å². The third kappa shape index (κ3) is 5.36. The zero-order valence-electron chi connectivity index (χ0n) is 10.9. The molecule has 3 N–H and O–H groups in total. The molecule has 0 atom stereocenters. The summed E-state index contributed by atoms with van der Waals surface area (Å²) in [6.07, 6.45) is 0.231. The molecule has 0 unspecified atom stereocenters. The molecule has 0 aliphatic rings. The lowest BCUT2D eigenvalue weighted by molar-refractivity contribution is 0.314. The second-order valence-corrected chi connectivity index (χ2v) is 7.18. The first kappa shape index (κ1) is 16.2. The molecule has 0 aliphatic carbocycles. The molecule has 0 aromatic carbocycles. The summed E-state index contributed by atoms with van der Waals surface area (Å²) in [6.45, 7) is 7.88. The topological polar surface area (TPSA) is 96.0 Å². The van der Waals surface area contributed by atoms with Gasteiger partial charge in [-0.25, -0.2) is 12.7 Å². The van der Waals surface area contributed by atoms with Crippen LogP contribution in [0, 0.1) is 5.92 Å². The molecule has 0 aliphatic heterocycles. The Hall–Kier alpha value is -0.820. The highest BCUT2D eigenvalue weighted by molar-refractivity contribution is 7.89. The number of hydrogen-bond donors (Lipinski definition) is 2. The van der Waals surface area contributed by atoms with E-state index < -0.39 is 15.3 Å². The molecule has 17 heavy (non-hydrogen) atoms. The lowest BCUT2D eigenvalue weighted by Crippen LogP contribution is -2.40. The van der Waals surface area contributed by atoms with Crippen LogP contribution in [0.3, 0.4) is 0 Å². The van der Waals surface area contributed by atoms with Crippen molar-refractivity contribution in [2.75, 3.05) is 13.1 Å². The Balaban J connectivity index is 4.78. The average molecular weight is 265 g/mol. The Labute approximate surface area is 104 Å². The van der Waals surface area contributed by atoms with E-state index in [0.717, 1.165) is 0 Å². The maximum Gasteiger partial charge on any atom is 0.216 e. The smallest absolute Gasteiger partial charge is 0.216 e. The van der Waals surface area contributed by atoms with E-state index in [1.54, 1.807) is 13.8 Å². The van der Waals surface area contributed by atoms with Crippen LogP contribution in [0.2, 0.25) is 0 Å². The van der Waals surface area contributed by atoms with Gasteiger partial charge < -0.3 is 10.9 Å². The van der Waals surface area contributed by atoms with Crippen LogP contribution in [0.1, 0.15) is 34.1 Å². The molecule has 0 saturated heterocycles. The molecule has 0 aromatic heterocycles. The highest BCUT2D eigenvalue weighted by atomic mass is 32.2. The van der Waals surface area contributed by atoms with E-state index in [4.69, 9.17) is 10.9 Å². The molecule has 6 nitrogen and oxygen atoms in total. The monoisotopic (exact) mass is 265 g/mol. The van der Waals surface area contributed by atoms with Crippen molar-refractivity contribution in [2.45, 2.75) is 39.4 Å². The van der Waals surface area contributed by atoms with Crippen molar-refractivity contribution in [1.29, 1.82) is 0 Å². The van der Waals surface area contributed by atoms with Crippen molar-refractivity contribution < 1.29 is 13.6 Å². The van der Waals surface area contributed by atoms with Crippen LogP contribution in [0.4, 0.5) is 0 Å². The molecular weight excluding hydrogens is 242 g/mol. The molecule has 7 heteroatoms. The SMILES string of the molecule is CC(C)CN(CCC(N)=NO)S(=O)(=O)C(C)C. The minimum atomic E-state index is -3.30. The Kier molecular flexibility index (Phi) is 6.48. The maximum absolute atomic E-state index is 12.0. The molecule has 0 fully saturated rings. The standard InChI is InChI=1S/C10H23N3O3S/c1-8(2)7-13(6-5-10(11)12-14)17(15,16)9(3)4/h8-9,14H,5-7H2,1-4H3,(H2,11,12). The predicted molar refractivity (Wildman–Crippen MR) is 68.5 cm³/mol. The largest absolute Gasteiger partial charge is 0.409 e. The van der Waals surface area contributed by atoms with Gasteiger partial charge >= 0.3 is 0 Å². The summed E-state index contributed by atoms with van der Waals surface area (Å²) >= 11 is 0. The minimum Gasteiger partial charge on any atom is -0.409 e. The van der Waals surface area contributed by atoms with Gasteiger partial charge in [-0.2, -0.15) is 0 Å². The lowest BCUT2D eigenvalue weighted by atomic mass is 10.2. The number of sulfonamides is 1. The summed E-state index contributed by atoms with van der Waals surface area (Å²) < 4.78 is 25.5. The van der Waals surface area contributed by atoms with Crippen LogP contribution in [-0.2, 0) is 10.0 Å². The van der Waals surface area contributed by atoms with Crippen molar-refractivity contribution in [1.82, 2.24) is 4.31 Å². The highest BCUT2D eigenvalue weighted by Gasteiger charge is 2.26. The summed E-state index contributed by atoms with van der Waals surface area (Å²) in [5, 5.41) is 10.8. The molecule has 0 aromatic rings. The normalized spacial score (nSPS) is 13.9. The number of nitrogens with zero attached hydrogens (tertiary/aromatic N) is 2. The van der Waals surface area contributed by atoms with Crippen LogP contribution < -0.4 is 5.73 Å². The highest BCUT2D eigenvalue weighted by Crippen LogP contribution is 2.12. The van der Waals surface area contributed by atoms with Gasteiger partial charge in [0.25, 0.3) is 0 Å². The van der Waals surface area contributed by atoms with Gasteiger partial charge in [-0.3, -0.25) is 0 Å². The second-order valence-electron chi connectivity index (χ2n) is 4.69. The van der Waals surface area contributed by atoms with Crippen LogP contribution >= 0.6 is 0 Å². The zero-order chi connectivity index (χ0) is 13.6. The third-order valence-corrected chi connectivity index (χ3v) is 4.51. The molecule has 0 bridgehead atoms. The van der Waals surface area contributed by atoms with Gasteiger partial charge in [0.05, 0.1) is 5.25 Å². The van der Waals surface area contributed by atoms with Crippen LogP contribution in [-0.4, -0.2) is 42.1 Å². The fourth-order valence-corrected chi connectivity index (χ4v) is 2.77. The van der Waals surface area contributed by atoms with Crippen molar-refractivity contribution in [3.8, 4) is 0 Å². The summed E-state index contributed by atoms with van der Waals surface area (Å²) in [6, 6.07) is 0. The first-order valence-corrected chi connectivity index (χ1v) is 7.17. The van der Waals surface area contributed by atoms with Crippen molar-refractivity contribution in [3.05, 3.63) is 0 Å². The average Bonchev–Trinajstić information content (AvgIpc) is 2.22. The molecule has 0 saturated carbocycles. The van der Waals surface area contributed by atoms with Gasteiger partial charge in [-0.15, -0.1) is 0 Å². The van der Waals surface area contributed by atoms with E-state index in [-0.39, 0.29) is 24.7 Å². The fraction of sp³-hybridized carbons (Fsp3) is 0.900. The van der Waals surface area contributed by atoms with Crippen LogP contribution in [0.15, 0.2) is 5.16 Å². The van der Waals surface area contributed by atoms with E-state index in [0.29, 0.717) is 6.54 Å². The lowest BCUT2D eigenvalue weighted by Gasteiger charge is -2.25. The summed E-state index contributed by atoms with van der Waals surface area (Å²) in [5.41, 5.74) is 5.35. The second kappa shape index (κ2) is 6.80. The third-order valence-electron chi connectivity index (χ3n) is 2.27. The van der Waals surface area contributed by atoms with Crippen LogP contribution in [0.25, 0.3) is 0 Å². The van der Waals surface area contributed by atoms with Crippen LogP contribution in [0.5, 0.6) is 0 Å². The van der Waals surface area contributed by atoms with E-state index in [1.165, 1.54) is 4.31 Å². The van der Waals surface area contributed by atoms with Crippen molar-refractivity contribution >= 4 is 15.9 Å². The van der Waals surface area contributed by atoms with E-state index in [2.05, 4.69) is 5.16 Å². The molecule has 102 valence electrons. The quantitative estimate of drug-likeness (QED) is 0.308. The van der Waals surface area contributed by atoms with Crippen molar-refractivity contribution in [3.63, 3.8) is 0 Å². The number of amidine groups is 1. The van der Waals surface area contributed by atoms with E-state index >= 15 is 0 Å². The fourth-order valence-electron chi connectivity index (χ4n) is 1.32. The zero-order valence-corrected chi connectivity index (χ0v) is 11.7. The Morgan fingerprint density at radius 2 is 1.88 bits per heavy atom. The summed E-state index contributed by atoms with van der Waals surface area (Å²) in [7, 11) is -3.30. The first-order valence-electron chi connectivity index (χ1n) is 5.67. The van der Waals surface area contributed by atoms with Gasteiger partial charge in [0, 0.05) is 19.5 Å². The maximum atomic E-state index is 12.0. The molecule has 0 heterocycles. The van der Waals surface area contributed by atoms with Gasteiger partial charge in [-0.1, -0.05) is 19.0 Å². The van der Waals surface area contributed by atoms with Gasteiger partial charge in [0.1, 0.15) is 5.84 Å². The predicted octanol–water partition coefficient (Wildman–Crippen LogP) is 0.819. The number of rotatable bonds is 7. The molecule has 0 radical (unpaired) electrons. The Bertz CT molecular complexity index is 350. The van der Waals surface area contributed by atoms with E-state index in [1.807, 2.05) is 13.8 Å². The minimum absolute atomic E-state index is 0.0395. The van der Waals surface area contributed by atoms with Crippen molar-refractivity contribution in [2.24, 2.45) is 16.8 Å². The first-order chi connectivity index (χ1) is 7.71. The Morgan fingerprint density at radius 3 is 2.24 bits per heavy atom. The number of oxime groups is 1. The van der Waals surface area contributed by atoms with E-state index in [9.17, 15) is 8.42 Å². The number of nitrogens with two attached hydrogens (primary N) is 1. The number of hydrogen-bond acceptors (Lipinski definition) is 4. The molecular formula is C10H23N3O3S. The van der Waals surface area contributed by atoms with Gasteiger partial charge in [-0.05, 0) is 19.8 Å². The Morgan fingerprint density at radius 1 is 1.35 bits per heavy atom. The molecule has 0 amide bonds. The summed E-state index contributed by atoms with van der Waals surface area (Å²) in [4.78, 5) is 0.